The molecule has 4 aromatic rings. The molecule has 0 fully saturated rings. The average Bonchev–Trinajstić information content (AvgIpc) is 3.36. The summed E-state index contributed by atoms with van der Waals surface area (Å²) in [7, 11) is 0. The van der Waals surface area contributed by atoms with E-state index in [2.05, 4.69) is 10.3 Å². The maximum absolute atomic E-state index is 12.4. The highest BCUT2D eigenvalue weighted by Crippen LogP contribution is 2.41. The number of hydrogen-bond acceptors (Lipinski definition) is 8. The van der Waals surface area contributed by atoms with Crippen molar-refractivity contribution >= 4 is 90.3 Å². The van der Waals surface area contributed by atoms with Gasteiger partial charge in [0, 0.05) is 38.2 Å². The van der Waals surface area contributed by atoms with Crippen molar-refractivity contribution in [2.24, 2.45) is 0 Å². The molecule has 0 aliphatic rings. The molecule has 13 heteroatoms. The lowest BCUT2D eigenvalue weighted by Gasteiger charge is -2.04. The Balaban J connectivity index is 1.40. The van der Waals surface area contributed by atoms with E-state index in [1.807, 2.05) is 0 Å². The molecule has 0 saturated carbocycles. The zero-order chi connectivity index (χ0) is 23.7. The number of fused-ring (bicyclic) bond motifs is 1. The molecule has 0 aliphatic heterocycles. The van der Waals surface area contributed by atoms with E-state index in [-0.39, 0.29) is 20.7 Å². The predicted octanol–water partition coefficient (Wildman–Crippen LogP) is 6.69. The van der Waals surface area contributed by atoms with Crippen molar-refractivity contribution in [3.05, 3.63) is 71.8 Å². The summed E-state index contributed by atoms with van der Waals surface area (Å²) in [6.45, 7) is -0.566. The average molecular weight is 543 g/mol. The summed E-state index contributed by atoms with van der Waals surface area (Å²) in [5, 5.41) is 16.7. The van der Waals surface area contributed by atoms with Gasteiger partial charge in [-0.3, -0.25) is 20.2 Å². The lowest BCUT2D eigenvalue weighted by molar-refractivity contribution is -0.384. The number of non-ortho nitro benzene ring substituents is 1. The van der Waals surface area contributed by atoms with E-state index in [0.29, 0.717) is 31.4 Å². The molecule has 1 N–H and O–H groups in total. The Hall–Kier alpha value is -2.76. The number of nitro benzene ring substituents is 1. The Kier molecular flexibility index (Phi) is 6.82. The second-order valence-corrected chi connectivity index (χ2v) is 9.61. The summed E-state index contributed by atoms with van der Waals surface area (Å²) < 4.78 is 5.69. The molecule has 0 bridgehead atoms. The number of thiophene rings is 1. The highest BCUT2D eigenvalue weighted by atomic mass is 35.5. The lowest BCUT2D eigenvalue weighted by Crippen LogP contribution is -2.20. The Morgan fingerprint density at radius 1 is 1.18 bits per heavy atom. The Morgan fingerprint density at radius 3 is 2.73 bits per heavy atom. The molecule has 2 aromatic carbocycles. The van der Waals surface area contributed by atoms with Gasteiger partial charge in [-0.2, -0.15) is 0 Å². The molecule has 0 atom stereocenters. The van der Waals surface area contributed by atoms with Crippen molar-refractivity contribution in [3.63, 3.8) is 0 Å². The molecule has 168 valence electrons. The number of thiazole rings is 1. The van der Waals surface area contributed by atoms with Gasteiger partial charge in [-0.05, 0) is 12.1 Å². The van der Waals surface area contributed by atoms with Gasteiger partial charge in [-0.15, -0.1) is 22.7 Å². The first-order valence-corrected chi connectivity index (χ1v) is 11.8. The third kappa shape index (κ3) is 5.10. The Morgan fingerprint density at radius 2 is 1.97 bits per heavy atom. The van der Waals surface area contributed by atoms with Gasteiger partial charge in [0.25, 0.3) is 11.6 Å². The van der Waals surface area contributed by atoms with E-state index in [9.17, 15) is 19.7 Å². The number of carbonyl (C=O) groups excluding carboxylic acids is 2. The van der Waals surface area contributed by atoms with Crippen LogP contribution in [0, 0.1) is 10.1 Å². The number of ether oxygens (including phenoxy) is 1. The number of carbonyl (C=O) groups is 2. The van der Waals surface area contributed by atoms with Crippen LogP contribution in [-0.4, -0.2) is 28.4 Å². The Labute approximate surface area is 208 Å². The summed E-state index contributed by atoms with van der Waals surface area (Å²) in [6.07, 6.45) is 0. The smallest absolute Gasteiger partial charge is 0.350 e. The highest BCUT2D eigenvalue weighted by molar-refractivity contribution is 7.21. The van der Waals surface area contributed by atoms with E-state index in [1.165, 1.54) is 18.2 Å². The number of hydrogen-bond donors (Lipinski definition) is 1. The SMILES string of the molecule is O=C(COC(=O)c1sc2cc(Cl)cc(Cl)c2c1Cl)Nc1nc(-c2cccc([N+](=O)[O-])c2)cs1. The van der Waals surface area contributed by atoms with Crippen LogP contribution in [0.5, 0.6) is 0 Å². The van der Waals surface area contributed by atoms with E-state index < -0.39 is 23.4 Å². The molecule has 4 rings (SSSR count). The van der Waals surface area contributed by atoms with Crippen LogP contribution in [0.2, 0.25) is 15.1 Å². The molecule has 0 spiro atoms. The van der Waals surface area contributed by atoms with Crippen LogP contribution in [0.4, 0.5) is 10.8 Å². The quantitative estimate of drug-likeness (QED) is 0.165. The second kappa shape index (κ2) is 9.62. The van der Waals surface area contributed by atoms with Gasteiger partial charge >= 0.3 is 5.97 Å². The molecular formula is C20H10Cl3N3O5S2. The molecule has 0 unspecified atom stereocenters. The fraction of sp³-hybridized carbons (Fsp3) is 0.0500. The summed E-state index contributed by atoms with van der Waals surface area (Å²) in [5.74, 6) is -1.39. The minimum Gasteiger partial charge on any atom is -0.451 e. The van der Waals surface area contributed by atoms with Crippen LogP contribution < -0.4 is 5.32 Å². The van der Waals surface area contributed by atoms with Gasteiger partial charge in [-0.1, -0.05) is 46.9 Å². The van der Waals surface area contributed by atoms with E-state index in [0.717, 1.165) is 22.7 Å². The molecule has 0 aliphatic carbocycles. The maximum Gasteiger partial charge on any atom is 0.350 e. The first-order valence-electron chi connectivity index (χ1n) is 8.97. The minimum atomic E-state index is -0.778. The van der Waals surface area contributed by atoms with Crippen LogP contribution in [0.3, 0.4) is 0 Å². The van der Waals surface area contributed by atoms with Crippen molar-refractivity contribution in [1.29, 1.82) is 0 Å². The van der Waals surface area contributed by atoms with Gasteiger partial charge in [0.1, 0.15) is 4.88 Å². The number of nitro groups is 1. The van der Waals surface area contributed by atoms with E-state index in [1.54, 1.807) is 23.6 Å². The third-order valence-corrected chi connectivity index (χ3v) is 7.15. The van der Waals surface area contributed by atoms with Crippen molar-refractivity contribution in [1.82, 2.24) is 4.98 Å². The fourth-order valence-corrected chi connectivity index (χ4v) is 5.84. The van der Waals surface area contributed by atoms with Crippen LogP contribution >= 0.6 is 57.5 Å². The molecule has 33 heavy (non-hydrogen) atoms. The summed E-state index contributed by atoms with van der Waals surface area (Å²) >= 11 is 20.6. The van der Waals surface area contributed by atoms with Gasteiger partial charge in [0.2, 0.25) is 0 Å². The number of rotatable bonds is 6. The molecule has 0 radical (unpaired) electrons. The fourth-order valence-electron chi connectivity index (χ4n) is 2.84. The first-order chi connectivity index (χ1) is 15.7. The zero-order valence-electron chi connectivity index (χ0n) is 16.1. The van der Waals surface area contributed by atoms with Crippen molar-refractivity contribution in [3.8, 4) is 11.3 Å². The first kappa shape index (κ1) is 23.4. The van der Waals surface area contributed by atoms with Crippen LogP contribution in [0.25, 0.3) is 21.3 Å². The second-order valence-electron chi connectivity index (χ2n) is 6.48. The Bertz CT molecular complexity index is 1420. The molecule has 8 nitrogen and oxygen atoms in total. The highest BCUT2D eigenvalue weighted by Gasteiger charge is 2.22. The maximum atomic E-state index is 12.4. The standard InChI is InChI=1S/C20H10Cl3N3O5S2/c21-10-5-12(22)16-14(6-10)33-18(17(16)23)19(28)31-7-15(27)25-20-24-13(8-32-20)9-2-1-3-11(4-9)26(29)30/h1-6,8H,7H2,(H,24,25,27). The molecular weight excluding hydrogens is 533 g/mol. The van der Waals surface area contributed by atoms with Gasteiger partial charge < -0.3 is 4.74 Å². The predicted molar refractivity (Wildman–Crippen MR) is 130 cm³/mol. The number of amides is 1. The van der Waals surface area contributed by atoms with E-state index in [4.69, 9.17) is 39.5 Å². The van der Waals surface area contributed by atoms with Crippen LogP contribution in [0.15, 0.2) is 41.8 Å². The van der Waals surface area contributed by atoms with Gasteiger partial charge in [0.15, 0.2) is 11.7 Å². The minimum absolute atomic E-state index is 0.0681. The number of nitrogens with zero attached hydrogens (tertiary/aromatic N) is 2. The number of aromatic nitrogens is 1. The molecule has 2 aromatic heterocycles. The van der Waals surface area contributed by atoms with E-state index >= 15 is 0 Å². The van der Waals surface area contributed by atoms with Crippen molar-refractivity contribution < 1.29 is 19.2 Å². The molecule has 2 heterocycles. The van der Waals surface area contributed by atoms with Crippen LogP contribution in [-0.2, 0) is 9.53 Å². The largest absolute Gasteiger partial charge is 0.451 e. The topological polar surface area (TPSA) is 111 Å². The third-order valence-electron chi connectivity index (χ3n) is 4.27. The lowest BCUT2D eigenvalue weighted by atomic mass is 10.1. The van der Waals surface area contributed by atoms with Gasteiger partial charge in [-0.25, -0.2) is 9.78 Å². The monoisotopic (exact) mass is 541 g/mol. The zero-order valence-corrected chi connectivity index (χ0v) is 20.0. The van der Waals surface area contributed by atoms with Crippen molar-refractivity contribution in [2.75, 3.05) is 11.9 Å². The number of esters is 1. The molecule has 1 amide bonds. The number of benzene rings is 2. The van der Waals surface area contributed by atoms with Crippen LogP contribution in [0.1, 0.15) is 9.67 Å². The normalized spacial score (nSPS) is 10.9. The van der Waals surface area contributed by atoms with Crippen molar-refractivity contribution in [2.45, 2.75) is 0 Å². The van der Waals surface area contributed by atoms with Gasteiger partial charge in [0.05, 0.1) is 20.7 Å². The summed E-state index contributed by atoms with van der Waals surface area (Å²) in [6, 6.07) is 9.12. The number of anilines is 1. The molecule has 0 saturated heterocycles. The number of halogens is 3. The summed E-state index contributed by atoms with van der Waals surface area (Å²) in [4.78, 5) is 39.4. The summed E-state index contributed by atoms with van der Waals surface area (Å²) in [5.41, 5.74) is 0.926. The number of nitrogens with one attached hydrogen (secondary N) is 1.